The van der Waals surface area contributed by atoms with Crippen LogP contribution in [0, 0.1) is 0 Å². The second kappa shape index (κ2) is 4.37. The fourth-order valence-electron chi connectivity index (χ4n) is 0.947. The molecule has 0 heterocycles. The van der Waals surface area contributed by atoms with Gasteiger partial charge in [-0.3, -0.25) is 4.72 Å². The van der Waals surface area contributed by atoms with Gasteiger partial charge in [0.1, 0.15) is 5.75 Å². The van der Waals surface area contributed by atoms with Crippen LogP contribution in [0.4, 0.5) is 11.4 Å². The lowest BCUT2D eigenvalue weighted by Gasteiger charge is -2.10. The molecule has 0 spiro atoms. The fraction of sp³-hybridized carbons (Fsp3) is 0.250. The van der Waals surface area contributed by atoms with Gasteiger partial charge >= 0.3 is 0 Å². The average molecular weight is 231 g/mol. The minimum Gasteiger partial charge on any atom is -0.497 e. The molecule has 1 rings (SSSR count). The molecule has 0 radical (unpaired) electrons. The van der Waals surface area contributed by atoms with Crippen LogP contribution >= 0.6 is 0 Å². The highest BCUT2D eigenvalue weighted by Crippen LogP contribution is 2.24. The molecular formula is C8H13N3O3S. The van der Waals surface area contributed by atoms with E-state index < -0.39 is 10.2 Å². The van der Waals surface area contributed by atoms with Crippen LogP contribution in [0.1, 0.15) is 0 Å². The molecule has 0 amide bonds. The van der Waals surface area contributed by atoms with Gasteiger partial charge in [-0.25, -0.2) is 4.72 Å². The summed E-state index contributed by atoms with van der Waals surface area (Å²) in [6.45, 7) is 0. The number of hydrogen-bond acceptors (Lipinski definition) is 4. The molecule has 0 unspecified atom stereocenters. The highest BCUT2D eigenvalue weighted by Gasteiger charge is 2.09. The molecule has 15 heavy (non-hydrogen) atoms. The third kappa shape index (κ3) is 3.00. The maximum atomic E-state index is 11.2. The number of nitrogens with two attached hydrogens (primary N) is 1. The van der Waals surface area contributed by atoms with Gasteiger partial charge in [-0.15, -0.1) is 0 Å². The highest BCUT2D eigenvalue weighted by molar-refractivity contribution is 7.90. The Morgan fingerprint density at radius 1 is 1.40 bits per heavy atom. The Hall–Kier alpha value is -1.47. The quantitative estimate of drug-likeness (QED) is 0.643. The van der Waals surface area contributed by atoms with Crippen molar-refractivity contribution in [3.05, 3.63) is 18.2 Å². The maximum Gasteiger partial charge on any atom is 0.298 e. The zero-order valence-electron chi connectivity index (χ0n) is 8.44. The van der Waals surface area contributed by atoms with Crippen molar-refractivity contribution in [3.8, 4) is 5.75 Å². The number of anilines is 2. The SMILES string of the molecule is CNS(=O)(=O)Nc1cc(OC)ccc1N. The average Bonchev–Trinajstić information content (AvgIpc) is 2.21. The van der Waals surface area contributed by atoms with Crippen molar-refractivity contribution in [2.45, 2.75) is 0 Å². The van der Waals surface area contributed by atoms with Gasteiger partial charge in [0, 0.05) is 13.1 Å². The van der Waals surface area contributed by atoms with Gasteiger partial charge in [0.2, 0.25) is 0 Å². The number of nitrogens with one attached hydrogen (secondary N) is 2. The van der Waals surface area contributed by atoms with Crippen LogP contribution < -0.4 is 19.9 Å². The van der Waals surface area contributed by atoms with Crippen molar-refractivity contribution in [1.82, 2.24) is 4.72 Å². The minimum absolute atomic E-state index is 0.281. The Morgan fingerprint density at radius 3 is 2.60 bits per heavy atom. The monoisotopic (exact) mass is 231 g/mol. The number of methoxy groups -OCH3 is 1. The largest absolute Gasteiger partial charge is 0.497 e. The van der Waals surface area contributed by atoms with Crippen molar-refractivity contribution < 1.29 is 13.2 Å². The first-order valence-electron chi connectivity index (χ1n) is 4.13. The molecule has 6 nitrogen and oxygen atoms in total. The Bertz CT molecular complexity index is 444. The molecule has 0 bridgehead atoms. The van der Waals surface area contributed by atoms with E-state index in [-0.39, 0.29) is 5.69 Å². The first-order chi connectivity index (χ1) is 6.98. The van der Waals surface area contributed by atoms with Crippen LogP contribution in [-0.2, 0) is 10.2 Å². The molecule has 7 heteroatoms. The Morgan fingerprint density at radius 2 is 2.07 bits per heavy atom. The van der Waals surface area contributed by atoms with Crippen LogP contribution in [0.2, 0.25) is 0 Å². The predicted octanol–water partition coefficient (Wildman–Crippen LogP) is 0.153. The molecule has 0 aliphatic heterocycles. The third-order valence-electron chi connectivity index (χ3n) is 1.77. The van der Waals surface area contributed by atoms with E-state index in [4.69, 9.17) is 10.5 Å². The van der Waals surface area contributed by atoms with Crippen molar-refractivity contribution >= 4 is 21.6 Å². The van der Waals surface area contributed by atoms with E-state index in [0.29, 0.717) is 11.4 Å². The first kappa shape index (κ1) is 11.6. The molecule has 84 valence electrons. The summed E-state index contributed by atoms with van der Waals surface area (Å²) in [5.41, 5.74) is 6.21. The van der Waals surface area contributed by atoms with Gasteiger partial charge in [0.25, 0.3) is 10.2 Å². The van der Waals surface area contributed by atoms with Crippen LogP contribution in [-0.4, -0.2) is 22.6 Å². The topological polar surface area (TPSA) is 93.5 Å². The van der Waals surface area contributed by atoms with Crippen molar-refractivity contribution in [2.75, 3.05) is 24.6 Å². The van der Waals surface area contributed by atoms with E-state index in [2.05, 4.69) is 9.44 Å². The Kier molecular flexibility index (Phi) is 3.38. The van der Waals surface area contributed by atoms with Gasteiger partial charge < -0.3 is 10.5 Å². The summed E-state index contributed by atoms with van der Waals surface area (Å²) < 4.78 is 31.7. The lowest BCUT2D eigenvalue weighted by atomic mass is 10.2. The molecule has 0 saturated heterocycles. The van der Waals surface area contributed by atoms with Crippen LogP contribution in [0.5, 0.6) is 5.75 Å². The molecule has 0 saturated carbocycles. The lowest BCUT2D eigenvalue weighted by molar-refractivity contribution is 0.415. The van der Waals surface area contributed by atoms with Gasteiger partial charge in [-0.2, -0.15) is 8.42 Å². The summed E-state index contributed by atoms with van der Waals surface area (Å²) in [6, 6.07) is 4.71. The number of ether oxygens (including phenoxy) is 1. The van der Waals surface area contributed by atoms with E-state index >= 15 is 0 Å². The standard InChI is InChI=1S/C8H13N3O3S/c1-10-15(12,13)11-8-5-6(14-2)3-4-7(8)9/h3-5,10-11H,9H2,1-2H3. The van der Waals surface area contributed by atoms with Crippen molar-refractivity contribution in [2.24, 2.45) is 0 Å². The van der Waals surface area contributed by atoms with E-state index in [9.17, 15) is 8.42 Å². The zero-order valence-corrected chi connectivity index (χ0v) is 9.26. The minimum atomic E-state index is -3.56. The molecule has 4 N–H and O–H groups in total. The summed E-state index contributed by atoms with van der Waals surface area (Å²) >= 11 is 0. The van der Waals surface area contributed by atoms with Gasteiger partial charge in [-0.1, -0.05) is 0 Å². The molecule has 0 aromatic heterocycles. The molecule has 0 aliphatic rings. The van der Waals surface area contributed by atoms with Crippen molar-refractivity contribution in [3.63, 3.8) is 0 Å². The molecule has 0 atom stereocenters. The smallest absolute Gasteiger partial charge is 0.298 e. The van der Waals surface area contributed by atoms with Crippen LogP contribution in [0.15, 0.2) is 18.2 Å². The number of benzene rings is 1. The summed E-state index contributed by atoms with van der Waals surface area (Å²) in [5, 5.41) is 0. The second-order valence-electron chi connectivity index (χ2n) is 2.76. The normalized spacial score (nSPS) is 11.1. The Balaban J connectivity index is 3.04. The molecule has 1 aromatic rings. The van der Waals surface area contributed by atoms with Crippen molar-refractivity contribution in [1.29, 1.82) is 0 Å². The molecule has 0 aliphatic carbocycles. The van der Waals surface area contributed by atoms with Gasteiger partial charge in [0.05, 0.1) is 18.5 Å². The lowest BCUT2D eigenvalue weighted by Crippen LogP contribution is -2.26. The van der Waals surface area contributed by atoms with Crippen LogP contribution in [0.3, 0.4) is 0 Å². The van der Waals surface area contributed by atoms with Crippen LogP contribution in [0.25, 0.3) is 0 Å². The predicted molar refractivity (Wildman–Crippen MR) is 59.0 cm³/mol. The summed E-state index contributed by atoms with van der Waals surface area (Å²) in [6.07, 6.45) is 0. The Labute approximate surface area is 88.6 Å². The molecule has 0 fully saturated rings. The number of hydrogen-bond donors (Lipinski definition) is 3. The first-order valence-corrected chi connectivity index (χ1v) is 5.61. The molecular weight excluding hydrogens is 218 g/mol. The summed E-state index contributed by atoms with van der Waals surface area (Å²) in [5.74, 6) is 0.526. The van der Waals surface area contributed by atoms with E-state index in [1.165, 1.54) is 20.2 Å². The fourth-order valence-corrected chi connectivity index (χ4v) is 1.51. The third-order valence-corrected chi connectivity index (χ3v) is 2.80. The van der Waals surface area contributed by atoms with E-state index in [0.717, 1.165) is 0 Å². The zero-order chi connectivity index (χ0) is 11.5. The van der Waals surface area contributed by atoms with E-state index in [1.54, 1.807) is 12.1 Å². The number of nitrogen functional groups attached to an aromatic ring is 1. The van der Waals surface area contributed by atoms with Gasteiger partial charge in [0.15, 0.2) is 0 Å². The number of rotatable bonds is 4. The summed E-state index contributed by atoms with van der Waals surface area (Å²) in [4.78, 5) is 0. The maximum absolute atomic E-state index is 11.2. The van der Waals surface area contributed by atoms with Gasteiger partial charge in [-0.05, 0) is 12.1 Å². The molecule has 1 aromatic carbocycles. The highest BCUT2D eigenvalue weighted by atomic mass is 32.2. The van der Waals surface area contributed by atoms with E-state index in [1.807, 2.05) is 0 Å². The second-order valence-corrected chi connectivity index (χ2v) is 4.38. The summed E-state index contributed by atoms with van der Waals surface area (Å²) in [7, 11) is -0.763.